The number of hydrogen-bond donors (Lipinski definition) is 2. The lowest BCUT2D eigenvalue weighted by atomic mass is 9.95. The van der Waals surface area contributed by atoms with Crippen LogP contribution in [0.15, 0.2) is 30.6 Å². The zero-order valence-corrected chi connectivity index (χ0v) is 20.8. The van der Waals surface area contributed by atoms with Crippen molar-refractivity contribution in [2.75, 3.05) is 13.1 Å². The van der Waals surface area contributed by atoms with Gasteiger partial charge < -0.3 is 20.1 Å². The first-order chi connectivity index (χ1) is 16.6. The van der Waals surface area contributed by atoms with E-state index in [0.717, 1.165) is 0 Å². The molecule has 2 amide bonds. The molecule has 1 saturated carbocycles. The number of likely N-dealkylation sites (tertiary alicyclic amines) is 1. The summed E-state index contributed by atoms with van der Waals surface area (Å²) in [5, 5.41) is 12.4. The van der Waals surface area contributed by atoms with Crippen LogP contribution in [-0.4, -0.2) is 61.1 Å². The monoisotopic (exact) mass is 514 g/mol. The Hall–Kier alpha value is -3.31. The fourth-order valence-corrected chi connectivity index (χ4v) is 5.61. The number of thiazole rings is 1. The number of nitrogens with one attached hydrogen (secondary N) is 1. The predicted molar refractivity (Wildman–Crippen MR) is 129 cm³/mol. The minimum atomic E-state index is -1.13. The van der Waals surface area contributed by atoms with Gasteiger partial charge in [0.2, 0.25) is 5.88 Å². The van der Waals surface area contributed by atoms with Crippen LogP contribution in [0.1, 0.15) is 34.8 Å². The summed E-state index contributed by atoms with van der Waals surface area (Å²) in [6, 6.07) is 5.05. The third kappa shape index (κ3) is 4.65. The number of aryl methyl sites for hydroxylation is 1. The molecule has 182 valence electrons. The van der Waals surface area contributed by atoms with Gasteiger partial charge in [0, 0.05) is 43.4 Å². The summed E-state index contributed by atoms with van der Waals surface area (Å²) in [5.41, 5.74) is 0.454. The van der Waals surface area contributed by atoms with Gasteiger partial charge in [0.05, 0.1) is 11.2 Å². The topological polar surface area (TPSA) is 130 Å². The van der Waals surface area contributed by atoms with Crippen molar-refractivity contribution < 1.29 is 19.4 Å². The van der Waals surface area contributed by atoms with Crippen molar-refractivity contribution in [2.24, 2.45) is 11.8 Å². The fourth-order valence-electron chi connectivity index (χ4n) is 4.43. The summed E-state index contributed by atoms with van der Waals surface area (Å²) < 4.78 is 6.10. The molecule has 0 bridgehead atoms. The van der Waals surface area contributed by atoms with E-state index in [1.54, 1.807) is 44.4 Å². The lowest BCUT2D eigenvalue weighted by Crippen LogP contribution is -2.40. The number of piperidine rings is 1. The molecule has 12 heteroatoms. The van der Waals surface area contributed by atoms with E-state index < -0.39 is 11.6 Å². The van der Waals surface area contributed by atoms with Crippen LogP contribution in [0.25, 0.3) is 10.8 Å². The van der Waals surface area contributed by atoms with Crippen molar-refractivity contribution >= 4 is 34.9 Å². The molecule has 3 aromatic rings. The SMILES string of the molecule is Cc1nc(-c2ncccn2)sc1C(=O)N1C[C@@H]2[C@H](C1)[C@@H]2Oc1cc(C(C)(C)NC(=O)O)cc(Cl)n1. The van der Waals surface area contributed by atoms with E-state index in [9.17, 15) is 9.59 Å². The van der Waals surface area contributed by atoms with Crippen LogP contribution in [0.3, 0.4) is 0 Å². The summed E-state index contributed by atoms with van der Waals surface area (Å²) in [4.78, 5) is 43.9. The average Bonchev–Trinajstić information content (AvgIpc) is 3.14. The number of rotatable bonds is 6. The minimum Gasteiger partial charge on any atom is -0.474 e. The molecular formula is C23H23ClN6O4S. The number of pyridine rings is 1. The fraction of sp³-hybridized carbons (Fsp3) is 0.391. The molecule has 1 aliphatic carbocycles. The van der Waals surface area contributed by atoms with Crippen molar-refractivity contribution in [1.29, 1.82) is 0 Å². The van der Waals surface area contributed by atoms with Crippen molar-refractivity contribution in [3.05, 3.63) is 51.9 Å². The van der Waals surface area contributed by atoms with Gasteiger partial charge in [-0.1, -0.05) is 11.6 Å². The normalized spacial score (nSPS) is 20.9. The largest absolute Gasteiger partial charge is 0.474 e. The highest BCUT2D eigenvalue weighted by atomic mass is 35.5. The standard InChI is InChI=1S/C23H23ClN6O4S/c1-11-18(35-20(27-11)19-25-5-4-6-26-19)21(31)30-9-13-14(10-30)17(13)34-16-8-12(7-15(24)28-16)23(2,3)29-22(32)33/h4-8,13-14,17,29H,9-10H2,1-3H3,(H,32,33)/t13-,14+,17-. The number of nitrogens with zero attached hydrogens (tertiary/aromatic N) is 5. The highest BCUT2D eigenvalue weighted by molar-refractivity contribution is 7.17. The predicted octanol–water partition coefficient (Wildman–Crippen LogP) is 3.61. The first kappa shape index (κ1) is 23.4. The summed E-state index contributed by atoms with van der Waals surface area (Å²) in [7, 11) is 0. The zero-order valence-electron chi connectivity index (χ0n) is 19.2. The zero-order chi connectivity index (χ0) is 24.9. The minimum absolute atomic E-state index is 0.0437. The Kier molecular flexibility index (Phi) is 5.84. The Labute approximate surface area is 210 Å². The molecule has 4 heterocycles. The molecule has 3 atom stereocenters. The maximum atomic E-state index is 13.2. The van der Waals surface area contributed by atoms with Gasteiger partial charge in [0.15, 0.2) is 10.8 Å². The highest BCUT2D eigenvalue weighted by Crippen LogP contribution is 2.48. The molecule has 2 aliphatic rings. The van der Waals surface area contributed by atoms with E-state index in [2.05, 4.69) is 25.3 Å². The Morgan fingerprint density at radius 3 is 2.54 bits per heavy atom. The summed E-state index contributed by atoms with van der Waals surface area (Å²) in [6.45, 7) is 6.47. The second-order valence-electron chi connectivity index (χ2n) is 9.20. The number of carboxylic acid groups (broad SMARTS) is 1. The van der Waals surface area contributed by atoms with Crippen LogP contribution in [0.4, 0.5) is 4.79 Å². The third-order valence-corrected chi connectivity index (χ3v) is 7.65. The number of carbonyl (C=O) groups excluding carboxylic acids is 1. The lowest BCUT2D eigenvalue weighted by Gasteiger charge is -2.26. The van der Waals surface area contributed by atoms with Crippen LogP contribution < -0.4 is 10.1 Å². The maximum Gasteiger partial charge on any atom is 0.405 e. The van der Waals surface area contributed by atoms with Gasteiger partial charge in [0.25, 0.3) is 5.91 Å². The van der Waals surface area contributed by atoms with E-state index in [0.29, 0.717) is 45.9 Å². The second-order valence-corrected chi connectivity index (χ2v) is 10.6. The van der Waals surface area contributed by atoms with E-state index in [4.69, 9.17) is 21.4 Å². The molecular weight excluding hydrogens is 492 g/mol. The third-order valence-electron chi connectivity index (χ3n) is 6.32. The molecule has 1 saturated heterocycles. The molecule has 2 fully saturated rings. The van der Waals surface area contributed by atoms with Gasteiger partial charge in [-0.25, -0.2) is 24.7 Å². The molecule has 35 heavy (non-hydrogen) atoms. The van der Waals surface area contributed by atoms with Crippen LogP contribution >= 0.6 is 22.9 Å². The van der Waals surface area contributed by atoms with Gasteiger partial charge in [0.1, 0.15) is 16.1 Å². The van der Waals surface area contributed by atoms with E-state index in [1.165, 1.54) is 11.3 Å². The number of carbonyl (C=O) groups is 2. The average molecular weight is 515 g/mol. The van der Waals surface area contributed by atoms with Crippen molar-refractivity contribution in [2.45, 2.75) is 32.4 Å². The van der Waals surface area contributed by atoms with Crippen LogP contribution in [0.5, 0.6) is 5.88 Å². The van der Waals surface area contributed by atoms with Crippen LogP contribution in [-0.2, 0) is 5.54 Å². The molecule has 10 nitrogen and oxygen atoms in total. The number of fused-ring (bicyclic) bond motifs is 1. The quantitative estimate of drug-likeness (QED) is 0.477. The number of amides is 2. The number of aromatic nitrogens is 4. The maximum absolute atomic E-state index is 13.2. The molecule has 0 unspecified atom stereocenters. The van der Waals surface area contributed by atoms with E-state index in [-0.39, 0.29) is 29.0 Å². The number of halogens is 1. The molecule has 1 aliphatic heterocycles. The van der Waals surface area contributed by atoms with Crippen molar-refractivity contribution in [3.8, 4) is 16.7 Å². The Bertz CT molecular complexity index is 1290. The number of ether oxygens (including phenoxy) is 1. The van der Waals surface area contributed by atoms with Crippen molar-refractivity contribution in [3.63, 3.8) is 0 Å². The second kappa shape index (κ2) is 8.72. The van der Waals surface area contributed by atoms with Crippen LogP contribution in [0.2, 0.25) is 5.15 Å². The van der Waals surface area contributed by atoms with Crippen LogP contribution in [0, 0.1) is 18.8 Å². The Morgan fingerprint density at radius 1 is 1.20 bits per heavy atom. The Balaban J connectivity index is 1.23. The van der Waals surface area contributed by atoms with E-state index >= 15 is 0 Å². The molecule has 2 N–H and O–H groups in total. The van der Waals surface area contributed by atoms with Gasteiger partial charge >= 0.3 is 6.09 Å². The van der Waals surface area contributed by atoms with Gasteiger partial charge in [-0.3, -0.25) is 4.79 Å². The van der Waals surface area contributed by atoms with E-state index in [1.807, 2.05) is 11.8 Å². The van der Waals surface area contributed by atoms with Gasteiger partial charge in [-0.2, -0.15) is 0 Å². The van der Waals surface area contributed by atoms with Gasteiger partial charge in [-0.15, -0.1) is 11.3 Å². The number of hydrogen-bond acceptors (Lipinski definition) is 8. The summed E-state index contributed by atoms with van der Waals surface area (Å²) >= 11 is 7.48. The molecule has 0 aromatic carbocycles. The first-order valence-electron chi connectivity index (χ1n) is 11.0. The van der Waals surface area contributed by atoms with Gasteiger partial charge in [-0.05, 0) is 38.5 Å². The highest BCUT2D eigenvalue weighted by Gasteiger charge is 2.59. The molecule has 3 aromatic heterocycles. The Morgan fingerprint density at radius 2 is 1.89 bits per heavy atom. The smallest absolute Gasteiger partial charge is 0.405 e. The lowest BCUT2D eigenvalue weighted by molar-refractivity contribution is 0.0755. The summed E-state index contributed by atoms with van der Waals surface area (Å²) in [5.74, 6) is 1.22. The molecule has 5 rings (SSSR count). The molecule has 0 spiro atoms. The van der Waals surface area contributed by atoms with Crippen molar-refractivity contribution in [1.82, 2.24) is 30.2 Å². The summed E-state index contributed by atoms with van der Waals surface area (Å²) in [6.07, 6.45) is 2.10. The molecule has 0 radical (unpaired) electrons. The first-order valence-corrected chi connectivity index (χ1v) is 12.2.